The molecule has 0 aliphatic heterocycles. The number of nitrogen functional groups attached to an aromatic ring is 1. The van der Waals surface area contributed by atoms with Crippen molar-refractivity contribution in [1.82, 2.24) is 19.9 Å². The maximum Gasteiger partial charge on any atom is 0.222 e. The molecule has 8 heteroatoms. The number of nitrogens with zero attached hydrogens (tertiary/aromatic N) is 4. The van der Waals surface area contributed by atoms with E-state index in [1.807, 2.05) is 40.0 Å². The quantitative estimate of drug-likeness (QED) is 0.579. The van der Waals surface area contributed by atoms with Gasteiger partial charge in [0, 0.05) is 12.2 Å². The van der Waals surface area contributed by atoms with E-state index in [-0.39, 0.29) is 5.95 Å². The third kappa shape index (κ3) is 4.33. The van der Waals surface area contributed by atoms with Crippen molar-refractivity contribution in [1.29, 1.82) is 0 Å². The van der Waals surface area contributed by atoms with Crippen LogP contribution in [0, 0.1) is 19.8 Å². The molecule has 7 nitrogen and oxygen atoms in total. The summed E-state index contributed by atoms with van der Waals surface area (Å²) >= 11 is 1.62. The molecule has 29 heavy (non-hydrogen) atoms. The second-order valence-corrected chi connectivity index (χ2v) is 9.72. The smallest absolute Gasteiger partial charge is 0.222 e. The van der Waals surface area contributed by atoms with Crippen LogP contribution in [0.15, 0.2) is 12.3 Å². The molecule has 0 saturated heterocycles. The lowest BCUT2D eigenvalue weighted by atomic mass is 9.92. The molecule has 0 amide bonds. The molecule has 0 spiro atoms. The molecule has 1 saturated carbocycles. The molecule has 0 aromatic carbocycles. The van der Waals surface area contributed by atoms with Gasteiger partial charge in [0.05, 0.1) is 27.3 Å². The second kappa shape index (κ2) is 7.50. The van der Waals surface area contributed by atoms with Gasteiger partial charge in [-0.15, -0.1) is 11.3 Å². The summed E-state index contributed by atoms with van der Waals surface area (Å²) in [5.41, 5.74) is 8.89. The Morgan fingerprint density at radius 3 is 2.72 bits per heavy atom. The van der Waals surface area contributed by atoms with Gasteiger partial charge >= 0.3 is 0 Å². The van der Waals surface area contributed by atoms with Crippen LogP contribution in [-0.4, -0.2) is 36.7 Å². The number of aromatic nitrogens is 4. The minimum absolute atomic E-state index is 0.263. The number of hydrogen-bond acceptors (Lipinski definition) is 8. The molecule has 4 N–H and O–H groups in total. The molecule has 2 unspecified atom stereocenters. The van der Waals surface area contributed by atoms with Gasteiger partial charge in [0.2, 0.25) is 5.95 Å². The van der Waals surface area contributed by atoms with Crippen molar-refractivity contribution >= 4 is 33.3 Å². The number of nitrogens with one attached hydrogen (secondary N) is 1. The second-order valence-electron chi connectivity index (χ2n) is 8.69. The normalized spacial score (nSPS) is 19.8. The van der Waals surface area contributed by atoms with E-state index >= 15 is 0 Å². The number of aliphatic hydroxyl groups is 1. The highest BCUT2D eigenvalue weighted by molar-refractivity contribution is 7.21. The van der Waals surface area contributed by atoms with E-state index < -0.39 is 5.60 Å². The van der Waals surface area contributed by atoms with Gasteiger partial charge in [0.1, 0.15) is 16.3 Å². The minimum atomic E-state index is -0.631. The average molecular weight is 413 g/mol. The molecule has 154 valence electrons. The van der Waals surface area contributed by atoms with Crippen LogP contribution < -0.4 is 11.1 Å². The Balaban J connectivity index is 1.65. The largest absolute Gasteiger partial charge is 0.390 e. The third-order valence-electron chi connectivity index (χ3n) is 5.48. The number of thiazole rings is 1. The van der Waals surface area contributed by atoms with Gasteiger partial charge in [-0.05, 0) is 65.4 Å². The van der Waals surface area contributed by atoms with Gasteiger partial charge < -0.3 is 16.2 Å². The van der Waals surface area contributed by atoms with Crippen LogP contribution in [0.1, 0.15) is 50.9 Å². The molecular formula is C21H28N6OS. The monoisotopic (exact) mass is 412 g/mol. The molecule has 3 aromatic rings. The molecule has 4 rings (SSSR count). The van der Waals surface area contributed by atoms with Crippen LogP contribution in [0.2, 0.25) is 0 Å². The Labute approximate surface area is 174 Å². The maximum absolute atomic E-state index is 10.1. The van der Waals surface area contributed by atoms with Crippen LogP contribution in [0.5, 0.6) is 0 Å². The first kappa shape index (κ1) is 20.0. The summed E-state index contributed by atoms with van der Waals surface area (Å²) in [5, 5.41) is 14.6. The van der Waals surface area contributed by atoms with Crippen LogP contribution in [-0.2, 0) is 0 Å². The summed E-state index contributed by atoms with van der Waals surface area (Å²) in [6, 6.07) is 2.29. The van der Waals surface area contributed by atoms with Crippen molar-refractivity contribution in [2.45, 2.75) is 65.0 Å². The zero-order valence-electron chi connectivity index (χ0n) is 17.4. The number of nitrogens with two attached hydrogens (primary N) is 1. The lowest BCUT2D eigenvalue weighted by Crippen LogP contribution is -2.23. The van der Waals surface area contributed by atoms with Crippen molar-refractivity contribution in [3.63, 3.8) is 0 Å². The van der Waals surface area contributed by atoms with Crippen LogP contribution >= 0.6 is 11.3 Å². The molecule has 2 atom stereocenters. The van der Waals surface area contributed by atoms with Gasteiger partial charge in [-0.1, -0.05) is 0 Å². The molecule has 0 radical (unpaired) electrons. The van der Waals surface area contributed by atoms with E-state index in [9.17, 15) is 5.11 Å². The van der Waals surface area contributed by atoms with Crippen molar-refractivity contribution in [3.05, 3.63) is 23.7 Å². The number of hydrogen-bond donors (Lipinski definition) is 3. The fraction of sp³-hybridized carbons (Fsp3) is 0.524. The van der Waals surface area contributed by atoms with Gasteiger partial charge in [-0.3, -0.25) is 4.98 Å². The topological polar surface area (TPSA) is 110 Å². The van der Waals surface area contributed by atoms with Crippen molar-refractivity contribution in [2.75, 3.05) is 11.1 Å². The van der Waals surface area contributed by atoms with E-state index in [0.29, 0.717) is 12.0 Å². The fourth-order valence-corrected chi connectivity index (χ4v) is 5.45. The summed E-state index contributed by atoms with van der Waals surface area (Å²) in [5.74, 6) is 1.51. The van der Waals surface area contributed by atoms with Crippen LogP contribution in [0.4, 0.5) is 11.8 Å². The zero-order chi connectivity index (χ0) is 20.8. The highest BCUT2D eigenvalue weighted by Crippen LogP contribution is 2.39. The van der Waals surface area contributed by atoms with Gasteiger partial charge in [0.15, 0.2) is 0 Å². The van der Waals surface area contributed by atoms with E-state index in [2.05, 4.69) is 20.3 Å². The number of anilines is 2. The van der Waals surface area contributed by atoms with E-state index in [1.54, 1.807) is 11.3 Å². The van der Waals surface area contributed by atoms with Crippen LogP contribution in [0.25, 0.3) is 20.8 Å². The summed E-state index contributed by atoms with van der Waals surface area (Å²) < 4.78 is 1.10. The lowest BCUT2D eigenvalue weighted by Gasteiger charge is -2.22. The predicted molar refractivity (Wildman–Crippen MR) is 118 cm³/mol. The van der Waals surface area contributed by atoms with E-state index in [0.717, 1.165) is 63.7 Å². The highest BCUT2D eigenvalue weighted by atomic mass is 32.1. The summed E-state index contributed by atoms with van der Waals surface area (Å²) in [6.45, 7) is 7.68. The number of fused-ring (bicyclic) bond motifs is 1. The van der Waals surface area contributed by atoms with Gasteiger partial charge in [0.25, 0.3) is 0 Å². The summed E-state index contributed by atoms with van der Waals surface area (Å²) in [6.07, 6.45) is 5.78. The molecule has 0 bridgehead atoms. The van der Waals surface area contributed by atoms with E-state index in [1.165, 1.54) is 0 Å². The first-order valence-electron chi connectivity index (χ1n) is 10.0. The van der Waals surface area contributed by atoms with Crippen molar-refractivity contribution < 1.29 is 5.11 Å². The number of rotatable bonds is 5. The van der Waals surface area contributed by atoms with Crippen molar-refractivity contribution in [2.24, 2.45) is 5.92 Å². The fourth-order valence-electron chi connectivity index (χ4n) is 4.34. The van der Waals surface area contributed by atoms with Gasteiger partial charge in [-0.2, -0.15) is 4.98 Å². The third-order valence-corrected chi connectivity index (χ3v) is 6.52. The molecule has 1 aliphatic carbocycles. The molecular weight excluding hydrogens is 384 g/mol. The lowest BCUT2D eigenvalue weighted by molar-refractivity contribution is 0.0534. The van der Waals surface area contributed by atoms with E-state index in [4.69, 9.17) is 10.7 Å². The summed E-state index contributed by atoms with van der Waals surface area (Å²) in [4.78, 5) is 18.1. The number of aryl methyl sites for hydroxylation is 2. The first-order chi connectivity index (χ1) is 13.7. The first-order valence-corrected chi connectivity index (χ1v) is 10.9. The maximum atomic E-state index is 10.1. The standard InChI is InChI=1S/C21H28N6OS/c1-11-16(19-26-17-12(2)23-8-7-15(17)29-19)18(27-20(22)24-11)25-14-6-5-13(9-14)10-21(3,4)28/h7-8,13-14,28H,5-6,9-10H2,1-4H3,(H3,22,24,25,27). The minimum Gasteiger partial charge on any atom is -0.390 e. The Morgan fingerprint density at radius 1 is 1.21 bits per heavy atom. The highest BCUT2D eigenvalue weighted by Gasteiger charge is 2.30. The SMILES string of the molecule is Cc1nc(N)nc(NC2CCC(CC(C)(C)O)C2)c1-c1nc2c(C)nccc2s1. The Bertz CT molecular complexity index is 1040. The molecule has 1 aliphatic rings. The van der Waals surface area contributed by atoms with Crippen molar-refractivity contribution in [3.8, 4) is 10.6 Å². The summed E-state index contributed by atoms with van der Waals surface area (Å²) in [7, 11) is 0. The van der Waals surface area contributed by atoms with Gasteiger partial charge in [-0.25, -0.2) is 9.97 Å². The average Bonchev–Trinajstić information content (AvgIpc) is 3.20. The molecule has 3 aromatic heterocycles. The Kier molecular flexibility index (Phi) is 5.16. The molecule has 3 heterocycles. The van der Waals surface area contributed by atoms with Crippen LogP contribution in [0.3, 0.4) is 0 Å². The molecule has 1 fully saturated rings. The predicted octanol–water partition coefficient (Wildman–Crippen LogP) is 4.09. The Hall–Kier alpha value is -2.32. The number of pyridine rings is 1. The zero-order valence-corrected chi connectivity index (χ0v) is 18.2. The Morgan fingerprint density at radius 2 is 2.00 bits per heavy atom.